The van der Waals surface area contributed by atoms with Crippen LogP contribution in [0.2, 0.25) is 0 Å². The topological polar surface area (TPSA) is 49.8 Å². The molecule has 0 radical (unpaired) electrons. The molecule has 1 heterocycles. The van der Waals surface area contributed by atoms with Crippen molar-refractivity contribution in [2.45, 2.75) is 71.4 Å². The highest BCUT2D eigenvalue weighted by molar-refractivity contribution is 5.87. The lowest BCUT2D eigenvalue weighted by Gasteiger charge is -2.47. The molecule has 194 valence electrons. The highest BCUT2D eigenvalue weighted by atomic mass is 19.3. The lowest BCUT2D eigenvalue weighted by Crippen LogP contribution is -2.45. The van der Waals surface area contributed by atoms with Gasteiger partial charge in [0.1, 0.15) is 5.75 Å². The molecule has 4 nitrogen and oxygen atoms in total. The fourth-order valence-electron chi connectivity index (χ4n) is 5.87. The van der Waals surface area contributed by atoms with Gasteiger partial charge in [0.05, 0.1) is 12.7 Å². The van der Waals surface area contributed by atoms with E-state index in [-0.39, 0.29) is 36.3 Å². The number of methoxy groups -OCH3 is 1. The van der Waals surface area contributed by atoms with Gasteiger partial charge in [-0.2, -0.15) is 0 Å². The lowest BCUT2D eigenvalue weighted by molar-refractivity contribution is -0.134. The van der Waals surface area contributed by atoms with E-state index >= 15 is 0 Å². The molecule has 2 aromatic rings. The Kier molecular flexibility index (Phi) is 7.84. The maximum absolute atomic E-state index is 13.7. The molecule has 2 fully saturated rings. The van der Waals surface area contributed by atoms with E-state index in [9.17, 15) is 18.7 Å². The average Bonchev–Trinajstić information content (AvgIpc) is 2.84. The summed E-state index contributed by atoms with van der Waals surface area (Å²) < 4.78 is 33.1. The first-order valence-corrected chi connectivity index (χ1v) is 12.9. The van der Waals surface area contributed by atoms with Crippen molar-refractivity contribution in [2.75, 3.05) is 13.7 Å². The predicted molar refractivity (Wildman–Crippen MR) is 139 cm³/mol. The Hall–Kier alpha value is -2.73. The molecule has 0 amide bonds. The molecular formula is C30H37F2NO3. The van der Waals surface area contributed by atoms with Crippen LogP contribution < -0.4 is 4.74 Å². The summed E-state index contributed by atoms with van der Waals surface area (Å²) in [5, 5.41) is 9.34. The minimum absolute atomic E-state index is 0.0146. The normalized spacial score (nSPS) is 22.5. The minimum atomic E-state index is -2.52. The summed E-state index contributed by atoms with van der Waals surface area (Å²) in [5.74, 6) is -2.32. The number of halogens is 2. The van der Waals surface area contributed by atoms with Gasteiger partial charge in [-0.25, -0.2) is 13.6 Å². The zero-order chi connectivity index (χ0) is 26.0. The number of likely N-dealkylation sites (tertiary alicyclic amines) is 1. The van der Waals surface area contributed by atoms with Gasteiger partial charge in [-0.1, -0.05) is 31.2 Å². The fraction of sp³-hybridized carbons (Fsp3) is 0.500. The molecule has 0 aromatic heterocycles. The molecule has 1 aliphatic carbocycles. The number of ether oxygens (including phenoxy) is 1. The van der Waals surface area contributed by atoms with Gasteiger partial charge in [-0.3, -0.25) is 4.90 Å². The zero-order valence-electron chi connectivity index (χ0n) is 21.7. The second-order valence-electron chi connectivity index (χ2n) is 10.4. The number of carbonyl (C=O) groups is 1. The SMILES string of the molecule is CC/C=C\c1c(C)c(C)cc(OC)c1CN1CCC(C2CC(F)(F)C2)CC1c1ccc(C(=O)O)cc1. The van der Waals surface area contributed by atoms with Crippen LogP contribution in [0.5, 0.6) is 5.75 Å². The molecule has 36 heavy (non-hydrogen) atoms. The van der Waals surface area contributed by atoms with Gasteiger partial charge in [0, 0.05) is 31.0 Å². The van der Waals surface area contributed by atoms with E-state index < -0.39 is 11.9 Å². The summed E-state index contributed by atoms with van der Waals surface area (Å²) in [6.45, 7) is 7.82. The monoisotopic (exact) mass is 497 g/mol. The number of carboxylic acid groups (broad SMARTS) is 1. The second-order valence-corrected chi connectivity index (χ2v) is 10.4. The molecule has 2 atom stereocenters. The summed E-state index contributed by atoms with van der Waals surface area (Å²) in [5.41, 5.74) is 5.99. The van der Waals surface area contributed by atoms with E-state index in [4.69, 9.17) is 4.74 Å². The molecule has 0 bridgehead atoms. The number of hydrogen-bond donors (Lipinski definition) is 1. The molecule has 4 rings (SSSR count). The van der Waals surface area contributed by atoms with Gasteiger partial charge in [0.2, 0.25) is 5.92 Å². The quantitative estimate of drug-likeness (QED) is 0.412. The first kappa shape index (κ1) is 26.3. The molecule has 2 unspecified atom stereocenters. The second kappa shape index (κ2) is 10.7. The van der Waals surface area contributed by atoms with Crippen LogP contribution in [-0.4, -0.2) is 35.6 Å². The van der Waals surface area contributed by atoms with Gasteiger partial charge in [0.15, 0.2) is 0 Å². The van der Waals surface area contributed by atoms with Crippen LogP contribution in [0.25, 0.3) is 6.08 Å². The Balaban J connectivity index is 1.68. The van der Waals surface area contributed by atoms with Crippen molar-refractivity contribution < 1.29 is 23.4 Å². The lowest BCUT2D eigenvalue weighted by atomic mass is 9.68. The third kappa shape index (κ3) is 5.49. The molecule has 6 heteroatoms. The van der Waals surface area contributed by atoms with Crippen molar-refractivity contribution in [1.29, 1.82) is 0 Å². The Morgan fingerprint density at radius 3 is 2.47 bits per heavy atom. The fourth-order valence-corrected chi connectivity index (χ4v) is 5.87. The maximum atomic E-state index is 13.7. The van der Waals surface area contributed by atoms with Crippen molar-refractivity contribution in [1.82, 2.24) is 4.90 Å². The first-order chi connectivity index (χ1) is 17.1. The molecule has 2 aromatic carbocycles. The number of nitrogens with zero attached hydrogens (tertiary/aromatic N) is 1. The van der Waals surface area contributed by atoms with Crippen molar-refractivity contribution in [2.24, 2.45) is 11.8 Å². The molecule has 1 N–H and O–H groups in total. The Bertz CT molecular complexity index is 1120. The molecule has 1 aliphatic heterocycles. The average molecular weight is 498 g/mol. The van der Waals surface area contributed by atoms with Crippen LogP contribution in [0.1, 0.15) is 83.2 Å². The van der Waals surface area contributed by atoms with E-state index in [1.807, 2.05) is 12.1 Å². The summed E-state index contributed by atoms with van der Waals surface area (Å²) in [4.78, 5) is 13.8. The number of benzene rings is 2. The highest BCUT2D eigenvalue weighted by Crippen LogP contribution is 2.51. The third-order valence-electron chi connectivity index (χ3n) is 8.15. The van der Waals surface area contributed by atoms with Crippen LogP contribution >= 0.6 is 0 Å². The van der Waals surface area contributed by atoms with E-state index in [2.05, 4.69) is 43.9 Å². The van der Waals surface area contributed by atoms with Gasteiger partial charge in [0.25, 0.3) is 0 Å². The summed E-state index contributed by atoms with van der Waals surface area (Å²) in [7, 11) is 1.70. The first-order valence-electron chi connectivity index (χ1n) is 12.9. The van der Waals surface area contributed by atoms with Crippen LogP contribution in [0.4, 0.5) is 8.78 Å². The van der Waals surface area contributed by atoms with Gasteiger partial charge in [-0.05, 0) is 91.9 Å². The van der Waals surface area contributed by atoms with E-state index in [1.165, 1.54) is 16.7 Å². The smallest absolute Gasteiger partial charge is 0.335 e. The number of allylic oxidation sites excluding steroid dienone is 1. The van der Waals surface area contributed by atoms with Crippen LogP contribution in [-0.2, 0) is 6.54 Å². The standard InChI is InChI=1S/C30H37F2NO3/c1-5-6-7-25-20(3)19(2)14-28(36-4)26(25)18-33-13-12-23(24-16-30(31,32)17-24)15-27(33)21-8-10-22(11-9-21)29(34)35/h6-11,14,23-24,27H,5,12-13,15-18H2,1-4H3,(H,34,35)/b7-6-. The molecule has 0 spiro atoms. The van der Waals surface area contributed by atoms with Crippen molar-refractivity contribution >= 4 is 12.0 Å². The molecule has 2 aliphatic rings. The number of aromatic carboxylic acids is 1. The van der Waals surface area contributed by atoms with Gasteiger partial charge in [-0.15, -0.1) is 0 Å². The van der Waals surface area contributed by atoms with Crippen LogP contribution in [0, 0.1) is 25.7 Å². The maximum Gasteiger partial charge on any atom is 0.335 e. The van der Waals surface area contributed by atoms with E-state index in [0.29, 0.717) is 6.54 Å². The van der Waals surface area contributed by atoms with Gasteiger partial charge < -0.3 is 9.84 Å². The number of piperidine rings is 1. The predicted octanol–water partition coefficient (Wildman–Crippen LogP) is 7.43. The summed E-state index contributed by atoms with van der Waals surface area (Å²) >= 11 is 0. The molecular weight excluding hydrogens is 460 g/mol. The van der Waals surface area contributed by atoms with Crippen LogP contribution in [0.15, 0.2) is 36.4 Å². The summed E-state index contributed by atoms with van der Waals surface area (Å²) in [6, 6.07) is 9.16. The Morgan fingerprint density at radius 2 is 1.89 bits per heavy atom. The van der Waals surface area contributed by atoms with Crippen molar-refractivity contribution in [3.63, 3.8) is 0 Å². The Labute approximate surface area is 213 Å². The van der Waals surface area contributed by atoms with Crippen molar-refractivity contribution in [3.8, 4) is 5.75 Å². The third-order valence-corrected chi connectivity index (χ3v) is 8.15. The number of hydrogen-bond acceptors (Lipinski definition) is 3. The number of carboxylic acids is 1. The van der Waals surface area contributed by atoms with E-state index in [0.717, 1.165) is 42.7 Å². The number of alkyl halides is 2. The van der Waals surface area contributed by atoms with Crippen LogP contribution in [0.3, 0.4) is 0 Å². The van der Waals surface area contributed by atoms with Crippen molar-refractivity contribution in [3.05, 3.63) is 69.8 Å². The number of rotatable bonds is 8. The molecule has 1 saturated heterocycles. The largest absolute Gasteiger partial charge is 0.496 e. The minimum Gasteiger partial charge on any atom is -0.496 e. The summed E-state index contributed by atoms with van der Waals surface area (Å²) in [6.07, 6.45) is 6.93. The molecule has 1 saturated carbocycles. The zero-order valence-corrected chi connectivity index (χ0v) is 21.7. The number of aryl methyl sites for hydroxylation is 1. The highest BCUT2D eigenvalue weighted by Gasteiger charge is 2.49. The van der Waals surface area contributed by atoms with E-state index in [1.54, 1.807) is 19.2 Å². The van der Waals surface area contributed by atoms with Gasteiger partial charge >= 0.3 is 5.97 Å². The Morgan fingerprint density at radius 1 is 1.19 bits per heavy atom.